The molecule has 3 nitrogen and oxygen atoms in total. The molecular weight excluding hydrogens is 382 g/mol. The molecule has 2 rings (SSSR count). The summed E-state index contributed by atoms with van der Waals surface area (Å²) in [5, 5.41) is 7.06. The molecule has 0 aliphatic rings. The van der Waals surface area contributed by atoms with E-state index in [0.717, 1.165) is 29.8 Å². The van der Waals surface area contributed by atoms with Gasteiger partial charge in [0.25, 0.3) is 0 Å². The molecule has 2 N–H and O–H groups in total. The summed E-state index contributed by atoms with van der Waals surface area (Å²) in [6, 6.07) is 16.7. The Bertz CT molecular complexity index is 654. The fraction of sp³-hybridized carbons (Fsp3) is 0.316. The highest BCUT2D eigenvalue weighted by atomic mass is 79.9. The fourth-order valence-corrected chi connectivity index (χ4v) is 2.98. The van der Waals surface area contributed by atoms with Crippen LogP contribution in [0.25, 0.3) is 0 Å². The molecule has 24 heavy (non-hydrogen) atoms. The van der Waals surface area contributed by atoms with Crippen molar-refractivity contribution in [3.63, 3.8) is 0 Å². The second-order valence-electron chi connectivity index (χ2n) is 5.60. The third kappa shape index (κ3) is 6.23. The quantitative estimate of drug-likeness (QED) is 0.648. The summed E-state index contributed by atoms with van der Waals surface area (Å²) >= 11 is 8.80. The first kappa shape index (κ1) is 18.9. The Balaban J connectivity index is 1.82. The number of rotatable bonds is 7. The average molecular weight is 406 g/mol. The highest BCUT2D eigenvalue weighted by molar-refractivity contribution is 9.10. The first-order chi connectivity index (χ1) is 11.6. The SMILES string of the molecule is CCN(CC)Cc1ccc(CNC(=S)Nc2cccc(Br)c2)cc1. The standard InChI is InChI=1S/C19H24BrN3S/c1-3-23(4-2)14-16-10-8-15(9-11-16)13-21-19(24)22-18-7-5-6-17(20)12-18/h5-12H,3-4,13-14H2,1-2H3,(H2,21,22,24). The molecule has 0 saturated carbocycles. The third-order valence-electron chi connectivity index (χ3n) is 3.86. The number of halogens is 1. The first-order valence-corrected chi connectivity index (χ1v) is 9.41. The van der Waals surface area contributed by atoms with Crippen LogP contribution in [0.5, 0.6) is 0 Å². The predicted molar refractivity (Wildman–Crippen MR) is 110 cm³/mol. The molecule has 0 amide bonds. The van der Waals surface area contributed by atoms with Gasteiger partial charge in [0.15, 0.2) is 5.11 Å². The molecule has 0 bridgehead atoms. The van der Waals surface area contributed by atoms with E-state index >= 15 is 0 Å². The van der Waals surface area contributed by atoms with Crippen LogP contribution in [0.15, 0.2) is 53.0 Å². The van der Waals surface area contributed by atoms with Crippen LogP contribution < -0.4 is 10.6 Å². The fourth-order valence-electron chi connectivity index (χ4n) is 2.39. The van der Waals surface area contributed by atoms with Crippen LogP contribution in [-0.2, 0) is 13.1 Å². The Kier molecular flexibility index (Phi) is 7.69. The van der Waals surface area contributed by atoms with Crippen molar-refractivity contribution in [3.8, 4) is 0 Å². The molecule has 0 aliphatic carbocycles. The highest BCUT2D eigenvalue weighted by Gasteiger charge is 2.02. The lowest BCUT2D eigenvalue weighted by molar-refractivity contribution is 0.296. The number of nitrogens with zero attached hydrogens (tertiary/aromatic N) is 1. The van der Waals surface area contributed by atoms with Gasteiger partial charge in [0.1, 0.15) is 0 Å². The van der Waals surface area contributed by atoms with E-state index in [4.69, 9.17) is 12.2 Å². The minimum atomic E-state index is 0.625. The minimum Gasteiger partial charge on any atom is -0.358 e. The maximum atomic E-state index is 5.35. The summed E-state index contributed by atoms with van der Waals surface area (Å²) in [5.41, 5.74) is 3.53. The smallest absolute Gasteiger partial charge is 0.171 e. The van der Waals surface area contributed by atoms with Crippen LogP contribution >= 0.6 is 28.1 Å². The number of hydrogen-bond acceptors (Lipinski definition) is 2. The molecule has 0 heterocycles. The van der Waals surface area contributed by atoms with Crippen molar-refractivity contribution < 1.29 is 0 Å². The molecule has 0 aromatic heterocycles. The summed E-state index contributed by atoms with van der Waals surface area (Å²) in [6.07, 6.45) is 0. The van der Waals surface area contributed by atoms with Gasteiger partial charge in [0.2, 0.25) is 0 Å². The van der Waals surface area contributed by atoms with Crippen molar-refractivity contribution in [2.45, 2.75) is 26.9 Å². The molecule has 2 aromatic rings. The van der Waals surface area contributed by atoms with E-state index in [-0.39, 0.29) is 0 Å². The van der Waals surface area contributed by atoms with Crippen molar-refractivity contribution >= 4 is 38.9 Å². The number of nitrogens with one attached hydrogen (secondary N) is 2. The van der Waals surface area contributed by atoms with Crippen molar-refractivity contribution in [3.05, 3.63) is 64.1 Å². The monoisotopic (exact) mass is 405 g/mol. The van der Waals surface area contributed by atoms with Crippen molar-refractivity contribution in [1.82, 2.24) is 10.2 Å². The highest BCUT2D eigenvalue weighted by Crippen LogP contribution is 2.15. The maximum Gasteiger partial charge on any atom is 0.171 e. The largest absolute Gasteiger partial charge is 0.358 e. The lowest BCUT2D eigenvalue weighted by Gasteiger charge is -2.18. The lowest BCUT2D eigenvalue weighted by atomic mass is 10.1. The number of hydrogen-bond donors (Lipinski definition) is 2. The van der Waals surface area contributed by atoms with Crippen LogP contribution in [0, 0.1) is 0 Å². The van der Waals surface area contributed by atoms with Crippen molar-refractivity contribution in [1.29, 1.82) is 0 Å². The zero-order valence-electron chi connectivity index (χ0n) is 14.2. The predicted octanol–water partition coefficient (Wildman–Crippen LogP) is 4.78. The van der Waals surface area contributed by atoms with E-state index in [2.05, 4.69) is 69.6 Å². The zero-order chi connectivity index (χ0) is 17.4. The normalized spacial score (nSPS) is 10.7. The summed E-state index contributed by atoms with van der Waals surface area (Å²) < 4.78 is 1.03. The van der Waals surface area contributed by atoms with Gasteiger partial charge in [-0.3, -0.25) is 4.90 Å². The van der Waals surface area contributed by atoms with Gasteiger partial charge < -0.3 is 10.6 Å². The molecule has 0 atom stereocenters. The molecule has 5 heteroatoms. The summed E-state index contributed by atoms with van der Waals surface area (Å²) in [4.78, 5) is 2.41. The average Bonchev–Trinajstić information content (AvgIpc) is 2.59. The van der Waals surface area contributed by atoms with Gasteiger partial charge in [0, 0.05) is 23.2 Å². The molecule has 0 unspecified atom stereocenters. The number of anilines is 1. The van der Waals surface area contributed by atoms with E-state index in [1.54, 1.807) is 0 Å². The molecule has 0 spiro atoms. The Labute approximate surface area is 158 Å². The maximum absolute atomic E-state index is 5.35. The van der Waals surface area contributed by atoms with Gasteiger partial charge in [-0.15, -0.1) is 0 Å². The zero-order valence-corrected chi connectivity index (χ0v) is 16.6. The van der Waals surface area contributed by atoms with Crippen LogP contribution in [0.3, 0.4) is 0 Å². The van der Waals surface area contributed by atoms with Crippen LogP contribution in [0.2, 0.25) is 0 Å². The second kappa shape index (κ2) is 9.77. The number of thiocarbonyl (C=S) groups is 1. The summed E-state index contributed by atoms with van der Waals surface area (Å²) in [5.74, 6) is 0. The third-order valence-corrected chi connectivity index (χ3v) is 4.60. The van der Waals surface area contributed by atoms with Gasteiger partial charge in [-0.1, -0.05) is 60.1 Å². The van der Waals surface area contributed by atoms with E-state index in [9.17, 15) is 0 Å². The molecule has 2 aromatic carbocycles. The molecule has 0 fully saturated rings. The van der Waals surface area contributed by atoms with Crippen molar-refractivity contribution in [2.75, 3.05) is 18.4 Å². The van der Waals surface area contributed by atoms with Gasteiger partial charge in [-0.2, -0.15) is 0 Å². The second-order valence-corrected chi connectivity index (χ2v) is 6.92. The van der Waals surface area contributed by atoms with E-state index < -0.39 is 0 Å². The van der Waals surface area contributed by atoms with Gasteiger partial charge in [0.05, 0.1) is 0 Å². The topological polar surface area (TPSA) is 27.3 Å². The summed E-state index contributed by atoms with van der Waals surface area (Å²) in [7, 11) is 0. The van der Waals surface area contributed by atoms with Crippen LogP contribution in [-0.4, -0.2) is 23.1 Å². The Morgan fingerprint density at radius 2 is 1.71 bits per heavy atom. The van der Waals surface area contributed by atoms with Crippen molar-refractivity contribution in [2.24, 2.45) is 0 Å². The van der Waals surface area contributed by atoms with Gasteiger partial charge in [-0.05, 0) is 54.6 Å². The van der Waals surface area contributed by atoms with E-state index in [1.807, 2.05) is 24.3 Å². The first-order valence-electron chi connectivity index (χ1n) is 8.21. The molecule has 0 radical (unpaired) electrons. The van der Waals surface area contributed by atoms with Crippen LogP contribution in [0.4, 0.5) is 5.69 Å². The summed E-state index contributed by atoms with van der Waals surface area (Å²) in [6.45, 7) is 8.27. The van der Waals surface area contributed by atoms with Gasteiger partial charge in [-0.25, -0.2) is 0 Å². The molecule has 0 aliphatic heterocycles. The number of benzene rings is 2. The molecule has 0 saturated heterocycles. The Hall–Kier alpha value is -1.43. The van der Waals surface area contributed by atoms with E-state index in [0.29, 0.717) is 11.7 Å². The molecular formula is C19H24BrN3S. The molecule has 128 valence electrons. The Morgan fingerprint density at radius 1 is 1.04 bits per heavy atom. The van der Waals surface area contributed by atoms with Crippen LogP contribution in [0.1, 0.15) is 25.0 Å². The van der Waals surface area contributed by atoms with E-state index in [1.165, 1.54) is 11.1 Å². The Morgan fingerprint density at radius 3 is 2.33 bits per heavy atom. The van der Waals surface area contributed by atoms with Gasteiger partial charge >= 0.3 is 0 Å². The lowest BCUT2D eigenvalue weighted by Crippen LogP contribution is -2.27. The minimum absolute atomic E-state index is 0.625.